The van der Waals surface area contributed by atoms with Crippen LogP contribution in [0, 0.1) is 0 Å². The second-order valence-corrected chi connectivity index (χ2v) is 5.61. The largest absolute Gasteiger partial charge is 0.421 e. The lowest BCUT2D eigenvalue weighted by Gasteiger charge is -2.05. The summed E-state index contributed by atoms with van der Waals surface area (Å²) in [5.41, 5.74) is 1.98. The van der Waals surface area contributed by atoms with Crippen LogP contribution in [0.3, 0.4) is 0 Å². The van der Waals surface area contributed by atoms with Crippen LogP contribution in [0.15, 0.2) is 75.9 Å². The fourth-order valence-corrected chi connectivity index (χ4v) is 3.06. The van der Waals surface area contributed by atoms with Gasteiger partial charge >= 0.3 is 5.63 Å². The smallest absolute Gasteiger partial charge is 0.362 e. The predicted octanol–water partition coefficient (Wildman–Crippen LogP) is 3.68. The van der Waals surface area contributed by atoms with Crippen molar-refractivity contribution in [2.45, 2.75) is 0 Å². The van der Waals surface area contributed by atoms with Gasteiger partial charge in [0.1, 0.15) is 11.1 Å². The Balaban J connectivity index is 1.90. The van der Waals surface area contributed by atoms with Crippen LogP contribution >= 0.6 is 0 Å². The van der Waals surface area contributed by atoms with Gasteiger partial charge in [0.2, 0.25) is 0 Å². The molecule has 0 N–H and O–H groups in total. The molecule has 0 spiro atoms. The van der Waals surface area contributed by atoms with Gasteiger partial charge in [0.15, 0.2) is 5.69 Å². The third-order valence-electron chi connectivity index (χ3n) is 4.20. The van der Waals surface area contributed by atoms with Gasteiger partial charge in [-0.1, -0.05) is 47.7 Å². The molecular weight excluding hydrogens is 302 g/mol. The number of para-hydroxylation sites is 1. The highest BCUT2D eigenvalue weighted by atomic mass is 16.4. The zero-order valence-electron chi connectivity index (χ0n) is 12.5. The molecule has 0 atom stereocenters. The molecule has 0 saturated heterocycles. The van der Waals surface area contributed by atoms with E-state index in [0.717, 1.165) is 27.2 Å². The van der Waals surface area contributed by atoms with Crippen molar-refractivity contribution in [1.82, 2.24) is 15.0 Å². The molecule has 5 rings (SSSR count). The van der Waals surface area contributed by atoms with Crippen LogP contribution in [0.1, 0.15) is 0 Å². The molecule has 0 aliphatic rings. The number of fused-ring (bicyclic) bond motifs is 4. The molecule has 3 aromatic carbocycles. The van der Waals surface area contributed by atoms with Gasteiger partial charge in [0.05, 0.1) is 5.52 Å². The van der Waals surface area contributed by atoms with Crippen LogP contribution in [0.2, 0.25) is 0 Å². The van der Waals surface area contributed by atoms with Crippen molar-refractivity contribution in [3.63, 3.8) is 0 Å². The van der Waals surface area contributed by atoms with Crippen LogP contribution in [0.4, 0.5) is 0 Å². The van der Waals surface area contributed by atoms with Gasteiger partial charge in [-0.15, -0.1) is 5.10 Å². The van der Waals surface area contributed by atoms with Gasteiger partial charge in [-0.05, 0) is 35.0 Å². The summed E-state index contributed by atoms with van der Waals surface area (Å²) >= 11 is 0. The molecule has 0 amide bonds. The summed E-state index contributed by atoms with van der Waals surface area (Å²) in [6.07, 6.45) is 0. The van der Waals surface area contributed by atoms with Gasteiger partial charge in [0, 0.05) is 5.39 Å². The van der Waals surface area contributed by atoms with Crippen molar-refractivity contribution >= 4 is 32.8 Å². The molecule has 5 heteroatoms. The third-order valence-corrected chi connectivity index (χ3v) is 4.20. The molecule has 0 bridgehead atoms. The molecule has 0 aliphatic carbocycles. The molecule has 0 fully saturated rings. The van der Waals surface area contributed by atoms with E-state index in [1.165, 1.54) is 4.68 Å². The molecule has 114 valence electrons. The Morgan fingerprint density at radius 2 is 1.71 bits per heavy atom. The van der Waals surface area contributed by atoms with Gasteiger partial charge in [-0.3, -0.25) is 0 Å². The molecule has 2 aromatic heterocycles. The van der Waals surface area contributed by atoms with Crippen LogP contribution in [-0.2, 0) is 0 Å². The number of hydrogen-bond acceptors (Lipinski definition) is 4. The first-order chi connectivity index (χ1) is 11.8. The molecular formula is C19H11N3O2. The highest BCUT2D eigenvalue weighted by Gasteiger charge is 2.13. The molecule has 2 heterocycles. The number of benzene rings is 3. The predicted molar refractivity (Wildman–Crippen MR) is 92.4 cm³/mol. The summed E-state index contributed by atoms with van der Waals surface area (Å²) in [4.78, 5) is 12.5. The zero-order valence-corrected chi connectivity index (χ0v) is 12.5. The summed E-state index contributed by atoms with van der Waals surface area (Å²) in [6, 6.07) is 21.1. The molecule has 0 saturated carbocycles. The van der Waals surface area contributed by atoms with E-state index < -0.39 is 5.63 Å². The van der Waals surface area contributed by atoms with Crippen LogP contribution in [0.25, 0.3) is 38.5 Å². The van der Waals surface area contributed by atoms with Crippen LogP contribution in [0.5, 0.6) is 0 Å². The van der Waals surface area contributed by atoms with Gasteiger partial charge in [-0.25, -0.2) is 9.48 Å². The average molecular weight is 313 g/mol. The Labute approximate surface area is 135 Å². The second kappa shape index (κ2) is 4.76. The molecule has 0 unspecified atom stereocenters. The van der Waals surface area contributed by atoms with Crippen molar-refractivity contribution in [3.8, 4) is 5.69 Å². The lowest BCUT2D eigenvalue weighted by molar-refractivity contribution is 0.552. The van der Waals surface area contributed by atoms with Crippen molar-refractivity contribution in [2.24, 2.45) is 0 Å². The summed E-state index contributed by atoms with van der Waals surface area (Å²) in [5, 5.41) is 11.2. The first kappa shape index (κ1) is 13.0. The maximum absolute atomic E-state index is 12.5. The van der Waals surface area contributed by atoms with Gasteiger partial charge in [0.25, 0.3) is 0 Å². The normalized spacial score (nSPS) is 11.5. The van der Waals surface area contributed by atoms with Crippen molar-refractivity contribution in [1.29, 1.82) is 0 Å². The van der Waals surface area contributed by atoms with Gasteiger partial charge < -0.3 is 4.42 Å². The number of hydrogen-bond donors (Lipinski definition) is 0. The zero-order chi connectivity index (χ0) is 16.1. The molecule has 0 aliphatic heterocycles. The summed E-state index contributed by atoms with van der Waals surface area (Å²) < 4.78 is 7.06. The summed E-state index contributed by atoms with van der Waals surface area (Å²) in [5.74, 6) is 0. The summed E-state index contributed by atoms with van der Waals surface area (Å²) in [6.45, 7) is 0. The minimum Gasteiger partial charge on any atom is -0.421 e. The van der Waals surface area contributed by atoms with E-state index in [0.29, 0.717) is 11.3 Å². The third kappa shape index (κ3) is 1.78. The van der Waals surface area contributed by atoms with Crippen molar-refractivity contribution in [3.05, 3.63) is 77.2 Å². The Morgan fingerprint density at radius 3 is 2.67 bits per heavy atom. The molecule has 5 aromatic rings. The average Bonchev–Trinajstić information content (AvgIpc) is 3.05. The maximum atomic E-state index is 12.5. The fourth-order valence-electron chi connectivity index (χ4n) is 3.06. The lowest BCUT2D eigenvalue weighted by atomic mass is 10.1. The van der Waals surface area contributed by atoms with E-state index in [4.69, 9.17) is 4.42 Å². The summed E-state index contributed by atoms with van der Waals surface area (Å²) in [7, 11) is 0. The standard InChI is InChI=1S/C19H11N3O2/c23-19-17(22-16-8-4-3-7-15(16)20-21-22)11-14-13-6-2-1-5-12(13)9-10-18(14)24-19/h1-11H. The SMILES string of the molecule is O=c1oc2ccc3ccccc3c2cc1-n1nnc2ccccc21. The molecule has 0 radical (unpaired) electrons. The minimum atomic E-state index is -0.437. The van der Waals surface area contributed by atoms with Crippen molar-refractivity contribution in [2.75, 3.05) is 0 Å². The molecule has 24 heavy (non-hydrogen) atoms. The van der Waals surface area contributed by atoms with Crippen molar-refractivity contribution < 1.29 is 4.42 Å². The highest BCUT2D eigenvalue weighted by Crippen LogP contribution is 2.26. The topological polar surface area (TPSA) is 60.9 Å². The minimum absolute atomic E-state index is 0.354. The van der Waals surface area contributed by atoms with Crippen LogP contribution in [-0.4, -0.2) is 15.0 Å². The van der Waals surface area contributed by atoms with E-state index >= 15 is 0 Å². The Hall–Kier alpha value is -3.47. The highest BCUT2D eigenvalue weighted by molar-refractivity contribution is 6.05. The van der Waals surface area contributed by atoms with E-state index in [1.54, 1.807) is 0 Å². The lowest BCUT2D eigenvalue weighted by Crippen LogP contribution is -2.11. The fraction of sp³-hybridized carbons (Fsp3) is 0. The van der Waals surface area contributed by atoms with E-state index in [9.17, 15) is 4.79 Å². The van der Waals surface area contributed by atoms with E-state index in [2.05, 4.69) is 10.3 Å². The quantitative estimate of drug-likeness (QED) is 0.350. The van der Waals surface area contributed by atoms with E-state index in [1.807, 2.05) is 66.7 Å². The monoisotopic (exact) mass is 313 g/mol. The Bertz CT molecular complexity index is 1280. The maximum Gasteiger partial charge on any atom is 0.362 e. The second-order valence-electron chi connectivity index (χ2n) is 5.61. The van der Waals surface area contributed by atoms with Crippen LogP contribution < -0.4 is 5.63 Å². The Morgan fingerprint density at radius 1 is 0.875 bits per heavy atom. The number of nitrogens with zero attached hydrogens (tertiary/aromatic N) is 3. The molecule has 5 nitrogen and oxygen atoms in total. The first-order valence-corrected chi connectivity index (χ1v) is 7.58. The van der Waals surface area contributed by atoms with Gasteiger partial charge in [-0.2, -0.15) is 0 Å². The Kier molecular flexibility index (Phi) is 2.58. The number of aromatic nitrogens is 3. The van der Waals surface area contributed by atoms with E-state index in [-0.39, 0.29) is 0 Å². The first-order valence-electron chi connectivity index (χ1n) is 7.58. The number of rotatable bonds is 1.